The summed E-state index contributed by atoms with van der Waals surface area (Å²) in [5.41, 5.74) is 4.71. The first-order chi connectivity index (χ1) is 16.9. The standard InChI is InChI=1S/C19H22N4O3.C7H6Cl2/c1-26-15-5-3-14(4-6-15)11-22-8-2-9-23-18(19(22)25)16-12-21(13-24)10-7-17(16)20-23;1-5-2-3-6(8)7(9)4-5/h3-6,13H,2,7-12H2,1H3;2-4H,1H3. The number of nitrogens with zero attached hydrogens (tertiary/aromatic N) is 4. The predicted molar refractivity (Wildman–Crippen MR) is 136 cm³/mol. The molecule has 7 nitrogen and oxygen atoms in total. The van der Waals surface area contributed by atoms with Gasteiger partial charge in [0, 0.05) is 44.7 Å². The minimum absolute atomic E-state index is 0.000169. The Kier molecular flexibility index (Phi) is 7.98. The lowest BCUT2D eigenvalue weighted by molar-refractivity contribution is -0.118. The van der Waals surface area contributed by atoms with Crippen LogP contribution in [-0.2, 0) is 30.8 Å². The normalized spacial score (nSPS) is 14.9. The highest BCUT2D eigenvalue weighted by Crippen LogP contribution is 2.26. The SMILES string of the molecule is COc1ccc(CN2CCCn3nc4c(c3C2=O)CN(C=O)CC4)cc1.Cc1ccc(Cl)c(Cl)c1. The van der Waals surface area contributed by atoms with Gasteiger partial charge in [0.25, 0.3) is 5.91 Å². The number of hydrogen-bond acceptors (Lipinski definition) is 4. The van der Waals surface area contributed by atoms with Crippen molar-refractivity contribution in [3.63, 3.8) is 0 Å². The zero-order chi connectivity index (χ0) is 24.9. The van der Waals surface area contributed by atoms with Gasteiger partial charge in [-0.2, -0.15) is 5.10 Å². The molecule has 0 atom stereocenters. The lowest BCUT2D eigenvalue weighted by Crippen LogP contribution is -2.33. The van der Waals surface area contributed by atoms with Crippen molar-refractivity contribution in [2.45, 2.75) is 39.4 Å². The van der Waals surface area contributed by atoms with Gasteiger partial charge in [-0.1, -0.05) is 41.4 Å². The molecule has 0 radical (unpaired) electrons. The van der Waals surface area contributed by atoms with E-state index in [0.29, 0.717) is 48.3 Å². The quantitative estimate of drug-likeness (QED) is 0.471. The Morgan fingerprint density at radius 1 is 1.06 bits per heavy atom. The van der Waals surface area contributed by atoms with Gasteiger partial charge in [0.1, 0.15) is 11.4 Å². The zero-order valence-electron chi connectivity index (χ0n) is 19.8. The number of amides is 2. The maximum atomic E-state index is 13.2. The maximum absolute atomic E-state index is 13.2. The molecule has 0 unspecified atom stereocenters. The molecule has 0 saturated heterocycles. The maximum Gasteiger partial charge on any atom is 0.272 e. The molecule has 2 aromatic carbocycles. The van der Waals surface area contributed by atoms with Crippen LogP contribution in [0, 0.1) is 6.92 Å². The van der Waals surface area contributed by atoms with Gasteiger partial charge in [0.2, 0.25) is 6.41 Å². The minimum Gasteiger partial charge on any atom is -0.497 e. The summed E-state index contributed by atoms with van der Waals surface area (Å²) in [4.78, 5) is 28.0. The van der Waals surface area contributed by atoms with Gasteiger partial charge < -0.3 is 14.5 Å². The highest BCUT2D eigenvalue weighted by Gasteiger charge is 2.32. The fraction of sp³-hybridized carbons (Fsp3) is 0.346. The van der Waals surface area contributed by atoms with Crippen molar-refractivity contribution in [1.82, 2.24) is 19.6 Å². The van der Waals surface area contributed by atoms with E-state index in [1.807, 2.05) is 52.9 Å². The van der Waals surface area contributed by atoms with Gasteiger partial charge in [-0.3, -0.25) is 14.3 Å². The number of hydrogen-bond donors (Lipinski definition) is 0. The average molecular weight is 515 g/mol. The first kappa shape index (κ1) is 25.1. The van der Waals surface area contributed by atoms with Gasteiger partial charge in [-0.25, -0.2) is 0 Å². The molecule has 3 aromatic rings. The van der Waals surface area contributed by atoms with Crippen molar-refractivity contribution in [3.8, 4) is 5.75 Å². The van der Waals surface area contributed by atoms with Crippen LogP contribution in [0.2, 0.25) is 10.0 Å². The van der Waals surface area contributed by atoms with E-state index in [-0.39, 0.29) is 5.91 Å². The van der Waals surface area contributed by atoms with Crippen LogP contribution in [-0.4, -0.2) is 52.1 Å². The molecule has 0 fully saturated rings. The summed E-state index contributed by atoms with van der Waals surface area (Å²) in [7, 11) is 1.64. The van der Waals surface area contributed by atoms with Crippen molar-refractivity contribution in [3.05, 3.63) is 80.6 Å². The highest BCUT2D eigenvalue weighted by atomic mass is 35.5. The van der Waals surface area contributed by atoms with E-state index in [1.54, 1.807) is 18.1 Å². The van der Waals surface area contributed by atoms with E-state index >= 15 is 0 Å². The summed E-state index contributed by atoms with van der Waals surface area (Å²) >= 11 is 11.3. The highest BCUT2D eigenvalue weighted by molar-refractivity contribution is 6.42. The van der Waals surface area contributed by atoms with E-state index in [1.165, 1.54) is 0 Å². The second-order valence-corrected chi connectivity index (χ2v) is 9.48. The van der Waals surface area contributed by atoms with Gasteiger partial charge in [0.05, 0.1) is 22.8 Å². The largest absolute Gasteiger partial charge is 0.497 e. The van der Waals surface area contributed by atoms with Crippen molar-refractivity contribution >= 4 is 35.5 Å². The van der Waals surface area contributed by atoms with Crippen LogP contribution in [0.4, 0.5) is 0 Å². The second-order valence-electron chi connectivity index (χ2n) is 8.67. The van der Waals surface area contributed by atoms with E-state index < -0.39 is 0 Å². The summed E-state index contributed by atoms with van der Waals surface area (Å²) in [6.45, 7) is 5.09. The Hall–Kier alpha value is -3.03. The number of rotatable bonds is 4. The Morgan fingerprint density at radius 3 is 2.49 bits per heavy atom. The van der Waals surface area contributed by atoms with Crippen molar-refractivity contribution in [2.24, 2.45) is 0 Å². The smallest absolute Gasteiger partial charge is 0.272 e. The van der Waals surface area contributed by atoms with Crippen LogP contribution in [0.3, 0.4) is 0 Å². The Bertz CT molecular complexity index is 1210. The predicted octanol–water partition coefficient (Wildman–Crippen LogP) is 4.75. The van der Waals surface area contributed by atoms with Gasteiger partial charge in [-0.05, 0) is 48.7 Å². The molecule has 35 heavy (non-hydrogen) atoms. The number of aryl methyl sites for hydroxylation is 2. The number of fused-ring (bicyclic) bond motifs is 3. The summed E-state index contributed by atoms with van der Waals surface area (Å²) in [6, 6.07) is 13.3. The van der Waals surface area contributed by atoms with Crippen molar-refractivity contribution < 1.29 is 14.3 Å². The van der Waals surface area contributed by atoms with E-state index in [9.17, 15) is 9.59 Å². The molecule has 3 heterocycles. The number of carbonyl (C=O) groups excluding carboxylic acids is 2. The van der Waals surface area contributed by atoms with Gasteiger partial charge >= 0.3 is 0 Å². The molecule has 9 heteroatoms. The molecular weight excluding hydrogens is 487 g/mol. The molecule has 2 amide bonds. The lowest BCUT2D eigenvalue weighted by atomic mass is 10.0. The molecule has 2 aliphatic heterocycles. The first-order valence-corrected chi connectivity index (χ1v) is 12.3. The average Bonchev–Trinajstić information content (AvgIpc) is 3.16. The van der Waals surface area contributed by atoms with Crippen molar-refractivity contribution in [1.29, 1.82) is 0 Å². The van der Waals surface area contributed by atoms with Crippen LogP contribution in [0.1, 0.15) is 39.3 Å². The molecule has 2 aliphatic rings. The Balaban J connectivity index is 0.000000271. The Morgan fingerprint density at radius 2 is 1.83 bits per heavy atom. The number of ether oxygens (including phenoxy) is 1. The number of carbonyl (C=O) groups is 2. The monoisotopic (exact) mass is 514 g/mol. The van der Waals surface area contributed by atoms with Gasteiger partial charge in [-0.15, -0.1) is 0 Å². The summed E-state index contributed by atoms with van der Waals surface area (Å²) in [6.07, 6.45) is 2.43. The number of aromatic nitrogens is 2. The van der Waals surface area contributed by atoms with Crippen molar-refractivity contribution in [2.75, 3.05) is 20.2 Å². The molecular formula is C26H28Cl2N4O3. The topological polar surface area (TPSA) is 67.7 Å². The third-order valence-corrected chi connectivity index (χ3v) is 6.91. The third-order valence-electron chi connectivity index (χ3n) is 6.18. The summed E-state index contributed by atoms with van der Waals surface area (Å²) < 4.78 is 7.04. The molecule has 184 valence electrons. The van der Waals surface area contributed by atoms with E-state index in [2.05, 4.69) is 5.10 Å². The second kappa shape index (κ2) is 11.1. The lowest BCUT2D eigenvalue weighted by Gasteiger charge is -2.24. The Labute approximate surface area is 215 Å². The molecule has 1 aromatic heterocycles. The van der Waals surface area contributed by atoms with Crippen LogP contribution < -0.4 is 4.74 Å². The molecule has 0 aliphatic carbocycles. The summed E-state index contributed by atoms with van der Waals surface area (Å²) in [5.74, 6) is 0.803. The molecule has 0 bridgehead atoms. The fourth-order valence-electron chi connectivity index (χ4n) is 4.30. The van der Waals surface area contributed by atoms with E-state index in [4.69, 9.17) is 27.9 Å². The minimum atomic E-state index is -0.000169. The van der Waals surface area contributed by atoms with Crippen LogP contribution >= 0.6 is 23.2 Å². The first-order valence-electron chi connectivity index (χ1n) is 11.5. The molecule has 0 N–H and O–H groups in total. The van der Waals surface area contributed by atoms with Crippen LogP contribution in [0.5, 0.6) is 5.75 Å². The van der Waals surface area contributed by atoms with Crippen LogP contribution in [0.25, 0.3) is 0 Å². The number of benzene rings is 2. The third kappa shape index (κ3) is 5.80. The zero-order valence-corrected chi connectivity index (χ0v) is 21.3. The number of halogens is 2. The van der Waals surface area contributed by atoms with Gasteiger partial charge in [0.15, 0.2) is 0 Å². The fourth-order valence-corrected chi connectivity index (χ4v) is 4.66. The molecule has 0 spiro atoms. The molecule has 5 rings (SSSR count). The summed E-state index contributed by atoms with van der Waals surface area (Å²) in [5, 5.41) is 5.88. The number of methoxy groups -OCH3 is 1. The molecule has 0 saturated carbocycles. The van der Waals surface area contributed by atoms with Crippen LogP contribution in [0.15, 0.2) is 42.5 Å². The van der Waals surface area contributed by atoms with E-state index in [0.717, 1.165) is 47.5 Å².